The Kier molecular flexibility index (Phi) is 0.822. The van der Waals surface area contributed by atoms with Gasteiger partial charge >= 0.3 is 0 Å². The quantitative estimate of drug-likeness (QED) is 0.398. The minimum atomic E-state index is -0.0706. The van der Waals surface area contributed by atoms with Crippen LogP contribution in [0.2, 0.25) is 0 Å². The van der Waals surface area contributed by atoms with E-state index in [9.17, 15) is 4.79 Å². The van der Waals surface area contributed by atoms with Crippen LogP contribution >= 0.6 is 0 Å². The molecule has 1 rings (SSSR count). The van der Waals surface area contributed by atoms with E-state index >= 15 is 0 Å². The van der Waals surface area contributed by atoms with Gasteiger partial charge in [-0.1, -0.05) is 11.5 Å². The van der Waals surface area contributed by atoms with Crippen molar-refractivity contribution in [1.29, 1.82) is 0 Å². The van der Waals surface area contributed by atoms with Gasteiger partial charge in [0.15, 0.2) is 5.78 Å². The predicted molar refractivity (Wildman–Crippen MR) is 24.7 cm³/mol. The van der Waals surface area contributed by atoms with Gasteiger partial charge in [-0.05, 0) is 5.73 Å². The molecule has 1 nitrogen and oxygen atoms in total. The minimum absolute atomic E-state index is 0.0706. The van der Waals surface area contributed by atoms with E-state index in [1.165, 1.54) is 12.2 Å². The highest BCUT2D eigenvalue weighted by Crippen LogP contribution is 1.78. The van der Waals surface area contributed by atoms with Crippen LogP contribution < -0.4 is 0 Å². The summed E-state index contributed by atoms with van der Waals surface area (Å²) in [6.45, 7) is 0. The van der Waals surface area contributed by atoms with Crippen molar-refractivity contribution in [1.82, 2.24) is 0 Å². The van der Waals surface area contributed by atoms with Crippen LogP contribution in [0.1, 0.15) is 0 Å². The van der Waals surface area contributed by atoms with Crippen molar-refractivity contribution < 1.29 is 4.79 Å². The van der Waals surface area contributed by atoms with Crippen molar-refractivity contribution >= 4 is 5.78 Å². The van der Waals surface area contributed by atoms with Gasteiger partial charge in [0, 0.05) is 12.2 Å². The number of rotatable bonds is 0. The zero-order valence-corrected chi connectivity index (χ0v) is 3.56. The number of carbonyl (C=O) groups excluding carboxylic acids is 1. The van der Waals surface area contributed by atoms with Crippen LogP contribution in [0.15, 0.2) is 29.3 Å². The van der Waals surface area contributed by atoms with Gasteiger partial charge in [-0.15, -0.1) is 0 Å². The average Bonchev–Trinajstić information content (AvgIpc) is 1.69. The van der Waals surface area contributed by atoms with Gasteiger partial charge in [-0.3, -0.25) is 4.79 Å². The zero-order valence-electron chi connectivity index (χ0n) is 3.56. The van der Waals surface area contributed by atoms with E-state index in [2.05, 4.69) is 17.2 Å². The molecule has 0 N–H and O–H groups in total. The van der Waals surface area contributed by atoms with Crippen molar-refractivity contribution in [3.05, 3.63) is 29.3 Å². The fourth-order valence-corrected chi connectivity index (χ4v) is 0.298. The molecule has 0 atom stereocenters. The maximum Gasteiger partial charge on any atom is 0.195 e. The molecule has 1 aliphatic rings. The summed E-state index contributed by atoms with van der Waals surface area (Å²) in [5.41, 5.74) is 7.42. The number of ketones is 1. The molecule has 0 saturated carbocycles. The van der Waals surface area contributed by atoms with Crippen molar-refractivity contribution in [3.8, 4) is 0 Å². The number of allylic oxidation sites excluding steroid dienone is 2. The zero-order chi connectivity index (χ0) is 5.11. The average molecular weight is 90.1 g/mol. The highest BCUT2D eigenvalue weighted by Gasteiger charge is 1.84. The SMILES string of the molecule is O=C1C=C=C=C=C1. The smallest absolute Gasteiger partial charge is 0.195 e. The Morgan fingerprint density at radius 3 is 2.14 bits per heavy atom. The Morgan fingerprint density at radius 2 is 1.86 bits per heavy atom. The molecule has 0 saturated heterocycles. The summed E-state index contributed by atoms with van der Waals surface area (Å²) in [7, 11) is 0. The van der Waals surface area contributed by atoms with Gasteiger partial charge in [0.25, 0.3) is 0 Å². The van der Waals surface area contributed by atoms with E-state index in [1.54, 1.807) is 0 Å². The lowest BCUT2D eigenvalue weighted by Crippen LogP contribution is -1.81. The van der Waals surface area contributed by atoms with E-state index in [0.29, 0.717) is 0 Å². The minimum Gasteiger partial charge on any atom is -0.289 e. The van der Waals surface area contributed by atoms with Crippen LogP contribution in [0.25, 0.3) is 0 Å². The monoisotopic (exact) mass is 90.0 g/mol. The fraction of sp³-hybridized carbons (Fsp3) is 0. The maximum atomic E-state index is 10.2. The summed E-state index contributed by atoms with van der Waals surface area (Å²) < 4.78 is 0. The van der Waals surface area contributed by atoms with Crippen molar-refractivity contribution in [3.63, 3.8) is 0 Å². The van der Waals surface area contributed by atoms with Gasteiger partial charge in [0.2, 0.25) is 0 Å². The molecule has 0 aromatic carbocycles. The van der Waals surface area contributed by atoms with Crippen molar-refractivity contribution in [2.45, 2.75) is 0 Å². The molecule has 1 aliphatic carbocycles. The lowest BCUT2D eigenvalue weighted by molar-refractivity contribution is -0.110. The fourth-order valence-electron chi connectivity index (χ4n) is 0.298. The summed E-state index contributed by atoms with van der Waals surface area (Å²) in [6.07, 6.45) is 2.63. The van der Waals surface area contributed by atoms with E-state index < -0.39 is 0 Å². The first-order valence-corrected chi connectivity index (χ1v) is 1.86. The molecule has 7 heavy (non-hydrogen) atoms. The third-order valence-corrected chi connectivity index (χ3v) is 0.573. The first-order chi connectivity index (χ1) is 3.39. The van der Waals surface area contributed by atoms with Crippen LogP contribution in [0.5, 0.6) is 0 Å². The Balaban J connectivity index is 3.27. The summed E-state index contributed by atoms with van der Waals surface area (Å²) in [5.74, 6) is -0.0706. The Morgan fingerprint density at radius 1 is 1.29 bits per heavy atom. The number of hydrogen-bond donors (Lipinski definition) is 0. The molecule has 1 heteroatoms. The normalized spacial score (nSPS) is 13.4. The van der Waals surface area contributed by atoms with E-state index in [4.69, 9.17) is 0 Å². The molecule has 0 fully saturated rings. The molecule has 32 valence electrons. The number of hydrogen-bond acceptors (Lipinski definition) is 1. The maximum absolute atomic E-state index is 10.2. The standard InChI is InChI=1S/C6H2O/c7-6-4-2-1-3-5-6/h4-5H. The summed E-state index contributed by atoms with van der Waals surface area (Å²) in [4.78, 5) is 10.2. The van der Waals surface area contributed by atoms with E-state index in [1.807, 2.05) is 0 Å². The van der Waals surface area contributed by atoms with Gasteiger partial charge in [0.05, 0.1) is 0 Å². The largest absolute Gasteiger partial charge is 0.289 e. The summed E-state index contributed by atoms with van der Waals surface area (Å²) in [6, 6.07) is 0. The molecular weight excluding hydrogens is 88.1 g/mol. The molecule has 0 heterocycles. The van der Waals surface area contributed by atoms with Crippen LogP contribution in [-0.2, 0) is 4.79 Å². The molecule has 0 radical (unpaired) electrons. The lowest BCUT2D eigenvalue weighted by atomic mass is 10.3. The molecular formula is C6H2O. The predicted octanol–water partition coefficient (Wildman–Crippen LogP) is 0.591. The highest BCUT2D eigenvalue weighted by atomic mass is 16.1. The summed E-state index contributed by atoms with van der Waals surface area (Å²) >= 11 is 0. The third kappa shape index (κ3) is 0.788. The van der Waals surface area contributed by atoms with Crippen molar-refractivity contribution in [2.75, 3.05) is 0 Å². The first-order valence-electron chi connectivity index (χ1n) is 1.86. The third-order valence-electron chi connectivity index (χ3n) is 0.573. The molecule has 0 aromatic rings. The van der Waals surface area contributed by atoms with Gasteiger partial charge in [0.1, 0.15) is 0 Å². The van der Waals surface area contributed by atoms with Gasteiger partial charge < -0.3 is 0 Å². The second-order valence-electron chi connectivity index (χ2n) is 1.10. The molecule has 0 spiro atoms. The Labute approximate surface area is 41.0 Å². The van der Waals surface area contributed by atoms with E-state index in [0.717, 1.165) is 0 Å². The Bertz CT molecular complexity index is 197. The summed E-state index contributed by atoms with van der Waals surface area (Å²) in [5, 5.41) is 0. The first kappa shape index (κ1) is 3.92. The van der Waals surface area contributed by atoms with Crippen LogP contribution in [0, 0.1) is 0 Å². The van der Waals surface area contributed by atoms with Gasteiger partial charge in [-0.2, -0.15) is 0 Å². The Hall–Kier alpha value is -1.25. The van der Waals surface area contributed by atoms with Crippen LogP contribution in [0.3, 0.4) is 0 Å². The van der Waals surface area contributed by atoms with Crippen LogP contribution in [-0.4, -0.2) is 5.78 Å². The number of carbonyl (C=O) groups is 1. The van der Waals surface area contributed by atoms with Gasteiger partial charge in [-0.25, -0.2) is 0 Å². The second-order valence-corrected chi connectivity index (χ2v) is 1.10. The topological polar surface area (TPSA) is 17.1 Å². The molecule has 0 bridgehead atoms. The highest BCUT2D eigenvalue weighted by molar-refractivity contribution is 5.99. The lowest BCUT2D eigenvalue weighted by Gasteiger charge is -1.71. The van der Waals surface area contributed by atoms with E-state index in [-0.39, 0.29) is 5.78 Å². The van der Waals surface area contributed by atoms with Crippen LogP contribution in [0.4, 0.5) is 0 Å². The second kappa shape index (κ2) is 1.47. The molecule has 0 unspecified atom stereocenters. The van der Waals surface area contributed by atoms with Crippen molar-refractivity contribution in [2.24, 2.45) is 0 Å². The molecule has 0 aliphatic heterocycles. The molecule has 0 amide bonds. The molecule has 0 aromatic heterocycles.